The molecular weight excluding hydrogens is 569 g/mol. The van der Waals surface area contributed by atoms with Gasteiger partial charge in [0.25, 0.3) is 10.0 Å². The average molecular weight is 605 g/mol. The zero-order valence-corrected chi connectivity index (χ0v) is 25.5. The van der Waals surface area contributed by atoms with E-state index < -0.39 is 28.5 Å². The van der Waals surface area contributed by atoms with Crippen LogP contribution in [0.5, 0.6) is 0 Å². The number of carbonyl (C=O) groups is 2. The first kappa shape index (κ1) is 31.5. The number of hydrogen-bond donors (Lipinski definition) is 1. The van der Waals surface area contributed by atoms with Crippen LogP contribution in [0.1, 0.15) is 43.4 Å². The van der Waals surface area contributed by atoms with Gasteiger partial charge in [-0.25, -0.2) is 8.42 Å². The predicted octanol–water partition coefficient (Wildman–Crippen LogP) is 6.14. The van der Waals surface area contributed by atoms with Crippen LogP contribution in [0.4, 0.5) is 5.69 Å². The molecule has 40 heavy (non-hydrogen) atoms. The summed E-state index contributed by atoms with van der Waals surface area (Å²) in [5.74, 6) is -0.890. The SMILES string of the molecule is CCCNC(=O)C(CC)N(Cc1c(Cl)cccc1Cl)C(=O)CN(c1ccc(C)cc1C)S(=O)(=O)c1ccccc1. The van der Waals surface area contributed by atoms with Crippen molar-refractivity contribution in [2.75, 3.05) is 17.4 Å². The smallest absolute Gasteiger partial charge is 0.264 e. The minimum absolute atomic E-state index is 0.0520. The number of carbonyl (C=O) groups excluding carboxylic acids is 2. The van der Waals surface area contributed by atoms with E-state index in [9.17, 15) is 18.0 Å². The van der Waals surface area contributed by atoms with E-state index in [1.807, 2.05) is 19.9 Å². The maximum atomic E-state index is 14.1. The number of aryl methyl sites for hydroxylation is 2. The van der Waals surface area contributed by atoms with E-state index in [0.717, 1.165) is 16.3 Å². The first-order chi connectivity index (χ1) is 19.0. The molecule has 3 aromatic carbocycles. The highest BCUT2D eigenvalue weighted by Crippen LogP contribution is 2.30. The highest BCUT2D eigenvalue weighted by Gasteiger charge is 2.34. The predicted molar refractivity (Wildman–Crippen MR) is 161 cm³/mol. The molecule has 0 saturated heterocycles. The van der Waals surface area contributed by atoms with Crippen LogP contribution in [0, 0.1) is 13.8 Å². The fourth-order valence-corrected chi connectivity index (χ4v) is 6.47. The van der Waals surface area contributed by atoms with Crippen molar-refractivity contribution in [2.45, 2.75) is 58.0 Å². The van der Waals surface area contributed by atoms with E-state index in [0.29, 0.717) is 39.8 Å². The zero-order chi connectivity index (χ0) is 29.4. The Kier molecular flexibility index (Phi) is 11.0. The van der Waals surface area contributed by atoms with Crippen LogP contribution in [-0.2, 0) is 26.2 Å². The Morgan fingerprint density at radius 2 is 1.57 bits per heavy atom. The summed E-state index contributed by atoms with van der Waals surface area (Å²) in [5, 5.41) is 3.55. The van der Waals surface area contributed by atoms with E-state index in [4.69, 9.17) is 23.2 Å². The highest BCUT2D eigenvalue weighted by atomic mass is 35.5. The molecule has 1 unspecified atom stereocenters. The third-order valence-corrected chi connectivity index (χ3v) is 9.04. The molecule has 1 atom stereocenters. The van der Waals surface area contributed by atoms with Crippen molar-refractivity contribution >= 4 is 50.7 Å². The van der Waals surface area contributed by atoms with E-state index in [1.54, 1.807) is 62.4 Å². The molecule has 0 bridgehead atoms. The molecule has 0 fully saturated rings. The Morgan fingerprint density at radius 1 is 0.925 bits per heavy atom. The summed E-state index contributed by atoms with van der Waals surface area (Å²) in [6, 6.07) is 17.5. The van der Waals surface area contributed by atoms with Crippen LogP contribution in [0.25, 0.3) is 0 Å². The van der Waals surface area contributed by atoms with Crippen molar-refractivity contribution in [1.82, 2.24) is 10.2 Å². The van der Waals surface area contributed by atoms with Gasteiger partial charge >= 0.3 is 0 Å². The first-order valence-electron chi connectivity index (χ1n) is 13.2. The van der Waals surface area contributed by atoms with Gasteiger partial charge in [-0.05, 0) is 62.6 Å². The van der Waals surface area contributed by atoms with Crippen molar-refractivity contribution in [3.8, 4) is 0 Å². The van der Waals surface area contributed by atoms with Crippen molar-refractivity contribution in [3.63, 3.8) is 0 Å². The van der Waals surface area contributed by atoms with Crippen LogP contribution < -0.4 is 9.62 Å². The Balaban J connectivity index is 2.11. The molecule has 0 aliphatic carbocycles. The fraction of sp³-hybridized carbons (Fsp3) is 0.333. The molecule has 0 saturated carbocycles. The molecule has 0 heterocycles. The Labute approximate surface area is 247 Å². The maximum Gasteiger partial charge on any atom is 0.264 e. The van der Waals surface area contributed by atoms with E-state index in [-0.39, 0.29) is 17.3 Å². The third-order valence-electron chi connectivity index (χ3n) is 6.56. The Bertz CT molecular complexity index is 1430. The molecule has 2 amide bonds. The second-order valence-electron chi connectivity index (χ2n) is 9.55. The number of benzene rings is 3. The molecule has 3 aromatic rings. The number of sulfonamides is 1. The van der Waals surface area contributed by atoms with Crippen LogP contribution >= 0.6 is 23.2 Å². The van der Waals surface area contributed by atoms with E-state index >= 15 is 0 Å². The van der Waals surface area contributed by atoms with Gasteiger partial charge in [0.15, 0.2) is 0 Å². The molecule has 0 radical (unpaired) electrons. The molecule has 7 nitrogen and oxygen atoms in total. The second-order valence-corrected chi connectivity index (χ2v) is 12.2. The molecule has 0 spiro atoms. The van der Waals surface area contributed by atoms with Crippen LogP contribution in [0.3, 0.4) is 0 Å². The van der Waals surface area contributed by atoms with Crippen LogP contribution in [0.15, 0.2) is 71.6 Å². The Morgan fingerprint density at radius 3 is 2.15 bits per heavy atom. The molecule has 214 valence electrons. The lowest BCUT2D eigenvalue weighted by atomic mass is 10.1. The number of hydrogen-bond acceptors (Lipinski definition) is 4. The molecule has 10 heteroatoms. The van der Waals surface area contributed by atoms with Crippen LogP contribution in [0.2, 0.25) is 10.0 Å². The van der Waals surface area contributed by atoms with E-state index in [2.05, 4.69) is 5.32 Å². The molecular formula is C30H35Cl2N3O4S. The largest absolute Gasteiger partial charge is 0.354 e. The summed E-state index contributed by atoms with van der Waals surface area (Å²) >= 11 is 12.9. The minimum Gasteiger partial charge on any atom is -0.354 e. The molecule has 0 aliphatic rings. The number of amides is 2. The summed E-state index contributed by atoms with van der Waals surface area (Å²) in [7, 11) is -4.14. The zero-order valence-electron chi connectivity index (χ0n) is 23.2. The monoisotopic (exact) mass is 603 g/mol. The number of nitrogens with one attached hydrogen (secondary N) is 1. The summed E-state index contributed by atoms with van der Waals surface area (Å²) in [5.41, 5.74) is 2.51. The van der Waals surface area contributed by atoms with Gasteiger partial charge < -0.3 is 10.2 Å². The van der Waals surface area contributed by atoms with E-state index in [1.165, 1.54) is 17.0 Å². The number of anilines is 1. The van der Waals surface area contributed by atoms with Gasteiger partial charge in [0.05, 0.1) is 10.6 Å². The second kappa shape index (κ2) is 14.0. The molecule has 0 aromatic heterocycles. The van der Waals surface area contributed by atoms with Gasteiger partial charge in [0.2, 0.25) is 11.8 Å². The van der Waals surface area contributed by atoms with Crippen molar-refractivity contribution in [3.05, 3.63) is 93.5 Å². The fourth-order valence-electron chi connectivity index (χ4n) is 4.46. The number of halogens is 2. The third kappa shape index (κ3) is 7.36. The highest BCUT2D eigenvalue weighted by molar-refractivity contribution is 7.92. The standard InChI is InChI=1S/C30H35Cl2N3O4S/c1-5-17-33-30(37)27(6-2)34(19-24-25(31)13-10-14-26(24)32)29(36)20-35(28-16-15-21(3)18-22(28)4)40(38,39)23-11-8-7-9-12-23/h7-16,18,27H,5-6,17,19-20H2,1-4H3,(H,33,37). The minimum atomic E-state index is -4.14. The molecule has 0 aliphatic heterocycles. The first-order valence-corrected chi connectivity index (χ1v) is 15.4. The molecule has 3 rings (SSSR count). The van der Waals surface area contributed by atoms with Crippen LogP contribution in [-0.4, -0.2) is 44.3 Å². The summed E-state index contributed by atoms with van der Waals surface area (Å²) in [4.78, 5) is 28.8. The lowest BCUT2D eigenvalue weighted by Gasteiger charge is -2.34. The summed E-state index contributed by atoms with van der Waals surface area (Å²) in [6.07, 6.45) is 1.03. The topological polar surface area (TPSA) is 86.8 Å². The van der Waals surface area contributed by atoms with Gasteiger partial charge in [0.1, 0.15) is 12.6 Å². The van der Waals surface area contributed by atoms with Crippen molar-refractivity contribution in [1.29, 1.82) is 0 Å². The lowest BCUT2D eigenvalue weighted by molar-refractivity contribution is -0.140. The number of rotatable bonds is 12. The summed E-state index contributed by atoms with van der Waals surface area (Å²) < 4.78 is 29.0. The maximum absolute atomic E-state index is 14.1. The average Bonchev–Trinajstić information content (AvgIpc) is 2.92. The molecule has 1 N–H and O–H groups in total. The van der Waals surface area contributed by atoms with Gasteiger partial charge in [0, 0.05) is 28.7 Å². The van der Waals surface area contributed by atoms with Gasteiger partial charge in [-0.2, -0.15) is 0 Å². The van der Waals surface area contributed by atoms with Gasteiger partial charge in [-0.1, -0.05) is 79.0 Å². The normalized spacial score (nSPS) is 12.1. The summed E-state index contributed by atoms with van der Waals surface area (Å²) in [6.45, 7) is 7.29. The Hall–Kier alpha value is -3.07. The van der Waals surface area contributed by atoms with Gasteiger partial charge in [-0.15, -0.1) is 0 Å². The van der Waals surface area contributed by atoms with Crippen molar-refractivity contribution < 1.29 is 18.0 Å². The number of nitrogens with zero attached hydrogens (tertiary/aromatic N) is 2. The quantitative estimate of drug-likeness (QED) is 0.269. The van der Waals surface area contributed by atoms with Gasteiger partial charge in [-0.3, -0.25) is 13.9 Å². The lowest BCUT2D eigenvalue weighted by Crippen LogP contribution is -2.52. The van der Waals surface area contributed by atoms with Crippen molar-refractivity contribution in [2.24, 2.45) is 0 Å².